The van der Waals surface area contributed by atoms with Gasteiger partial charge in [0, 0.05) is 25.7 Å². The number of esters is 3. The first-order valence-corrected chi connectivity index (χ1v) is 11.4. The lowest BCUT2D eigenvalue weighted by atomic mass is 9.36. The van der Waals surface area contributed by atoms with Crippen molar-refractivity contribution in [3.8, 4) is 0 Å². The Bertz CT molecular complexity index is 952. The molecule has 4 aliphatic carbocycles. The number of carbonyl (C=O) groups excluding carboxylic acids is 4. The van der Waals surface area contributed by atoms with Crippen LogP contribution in [-0.4, -0.2) is 53.2 Å². The highest BCUT2D eigenvalue weighted by molar-refractivity contribution is 6.06. The van der Waals surface area contributed by atoms with Crippen LogP contribution in [0.4, 0.5) is 0 Å². The van der Waals surface area contributed by atoms with Gasteiger partial charge in [-0.2, -0.15) is 0 Å². The SMILES string of the molecule is C=C1C(=O)C23C(O)[C@H]1C[C@H](OC(C)=O)[C@H]2[C@@]12C(=O)O[C@H]3C[C@@H]1C(C)(C)CC[C@H]2OC(C)=O. The fraction of sp³-hybridized carbons (Fsp3) is 0.750. The maximum Gasteiger partial charge on any atom is 0.316 e. The average Bonchev–Trinajstić information content (AvgIpc) is 2.80. The maximum atomic E-state index is 13.8. The number of ketones is 1. The molecule has 0 radical (unpaired) electrons. The van der Waals surface area contributed by atoms with Gasteiger partial charge in [0.2, 0.25) is 0 Å². The number of rotatable bonds is 2. The van der Waals surface area contributed by atoms with Gasteiger partial charge in [-0.1, -0.05) is 20.4 Å². The first-order chi connectivity index (χ1) is 14.9. The third-order valence-corrected chi connectivity index (χ3v) is 9.20. The molecule has 2 aliphatic heterocycles. The summed E-state index contributed by atoms with van der Waals surface area (Å²) in [5, 5.41) is 11.5. The van der Waals surface area contributed by atoms with Crippen molar-refractivity contribution >= 4 is 23.7 Å². The van der Waals surface area contributed by atoms with E-state index in [4.69, 9.17) is 14.2 Å². The van der Waals surface area contributed by atoms with E-state index in [2.05, 4.69) is 20.4 Å². The highest BCUT2D eigenvalue weighted by Crippen LogP contribution is 2.75. The lowest BCUT2D eigenvalue weighted by molar-refractivity contribution is -0.317. The summed E-state index contributed by atoms with van der Waals surface area (Å²) < 4.78 is 17.4. The normalized spacial score (nSPS) is 47.9. The van der Waals surface area contributed by atoms with E-state index in [-0.39, 0.29) is 29.1 Å². The van der Waals surface area contributed by atoms with Gasteiger partial charge in [-0.15, -0.1) is 0 Å². The summed E-state index contributed by atoms with van der Waals surface area (Å²) in [5.74, 6) is -3.60. The van der Waals surface area contributed by atoms with Crippen LogP contribution in [0.25, 0.3) is 0 Å². The van der Waals surface area contributed by atoms with E-state index >= 15 is 0 Å². The highest BCUT2D eigenvalue weighted by Gasteiger charge is 2.85. The predicted octanol–water partition coefficient (Wildman–Crippen LogP) is 1.72. The minimum atomic E-state index is -1.45. The van der Waals surface area contributed by atoms with Gasteiger partial charge in [-0.3, -0.25) is 19.2 Å². The molecule has 6 aliphatic rings. The summed E-state index contributed by atoms with van der Waals surface area (Å²) in [5.41, 5.74) is -2.87. The average molecular weight is 446 g/mol. The van der Waals surface area contributed by atoms with Crippen LogP contribution in [0.5, 0.6) is 0 Å². The molecule has 2 spiro atoms. The zero-order chi connectivity index (χ0) is 23.4. The number of Topliss-reactive ketones (excluding diaryl/α,β-unsaturated/α-hetero) is 1. The van der Waals surface area contributed by atoms with Gasteiger partial charge < -0.3 is 19.3 Å². The van der Waals surface area contributed by atoms with Crippen LogP contribution in [0.2, 0.25) is 0 Å². The lowest BCUT2D eigenvalue weighted by Crippen LogP contribution is -2.80. The minimum absolute atomic E-state index is 0.194. The summed E-state index contributed by atoms with van der Waals surface area (Å²) in [6.07, 6.45) is -1.87. The summed E-state index contributed by atoms with van der Waals surface area (Å²) in [6.45, 7) is 10.7. The molecule has 2 heterocycles. The number of ether oxygens (including phenoxy) is 3. The topological polar surface area (TPSA) is 116 Å². The highest BCUT2D eigenvalue weighted by atomic mass is 16.6. The zero-order valence-corrected chi connectivity index (χ0v) is 18.9. The molecule has 1 N–H and O–H groups in total. The molecule has 4 saturated carbocycles. The first-order valence-electron chi connectivity index (χ1n) is 11.4. The zero-order valence-electron chi connectivity index (χ0n) is 18.9. The number of hydrogen-bond donors (Lipinski definition) is 1. The van der Waals surface area contributed by atoms with Gasteiger partial charge >= 0.3 is 17.9 Å². The maximum absolute atomic E-state index is 13.8. The second-order valence-corrected chi connectivity index (χ2v) is 10.9. The molecule has 9 atom stereocenters. The van der Waals surface area contributed by atoms with Gasteiger partial charge in [0.15, 0.2) is 5.78 Å². The molecule has 0 aromatic carbocycles. The Morgan fingerprint density at radius 3 is 2.38 bits per heavy atom. The third-order valence-electron chi connectivity index (χ3n) is 9.20. The van der Waals surface area contributed by atoms with Crippen molar-refractivity contribution in [1.29, 1.82) is 0 Å². The standard InChI is InChI=1S/C24H30O8/c1-10-13-8-14(30-11(2)25)18-23-15(22(4,5)7-6-16(23)31-12(3)26)9-17(32-21(23)29)24(18,19(10)27)20(13)28/h13-18,20,28H,1,6-9H2,2-5H3/t13-,14-,15+,16+,17-,18-,20?,23+,24?/m0/s1. The van der Waals surface area contributed by atoms with Crippen molar-refractivity contribution < 1.29 is 38.5 Å². The summed E-state index contributed by atoms with van der Waals surface area (Å²) in [6, 6.07) is 0. The summed E-state index contributed by atoms with van der Waals surface area (Å²) in [7, 11) is 0. The van der Waals surface area contributed by atoms with Crippen molar-refractivity contribution in [2.45, 2.75) is 77.8 Å². The lowest BCUT2D eigenvalue weighted by Gasteiger charge is -2.70. The smallest absolute Gasteiger partial charge is 0.316 e. The second-order valence-electron chi connectivity index (χ2n) is 10.9. The molecule has 6 fully saturated rings. The Kier molecular flexibility index (Phi) is 4.34. The van der Waals surface area contributed by atoms with Crippen LogP contribution < -0.4 is 0 Å². The van der Waals surface area contributed by atoms with E-state index in [1.54, 1.807) is 0 Å². The Labute approximate surface area is 186 Å². The second kappa shape index (κ2) is 6.43. The first kappa shape index (κ1) is 21.6. The van der Waals surface area contributed by atoms with Crippen molar-refractivity contribution in [1.82, 2.24) is 0 Å². The number of hydrogen-bond acceptors (Lipinski definition) is 8. The number of aliphatic hydroxyl groups excluding tert-OH is 1. The number of fused-ring (bicyclic) bond motifs is 2. The molecule has 2 unspecified atom stereocenters. The Balaban J connectivity index is 1.80. The van der Waals surface area contributed by atoms with Gasteiger partial charge in [0.05, 0.1) is 6.10 Å². The molecule has 32 heavy (non-hydrogen) atoms. The van der Waals surface area contributed by atoms with E-state index < -0.39 is 65.0 Å². The minimum Gasteiger partial charge on any atom is -0.462 e. The van der Waals surface area contributed by atoms with Gasteiger partial charge in [-0.05, 0) is 42.6 Å². The fourth-order valence-electron chi connectivity index (χ4n) is 8.23. The van der Waals surface area contributed by atoms with Crippen molar-refractivity contribution in [3.05, 3.63) is 12.2 Å². The predicted molar refractivity (Wildman–Crippen MR) is 109 cm³/mol. The van der Waals surface area contributed by atoms with Gasteiger partial charge in [0.25, 0.3) is 0 Å². The molecule has 0 aromatic heterocycles. The monoisotopic (exact) mass is 446 g/mol. The van der Waals surface area contributed by atoms with Crippen LogP contribution in [0.1, 0.15) is 53.4 Å². The molecule has 4 bridgehead atoms. The molecular formula is C24H30O8. The van der Waals surface area contributed by atoms with E-state index in [9.17, 15) is 24.3 Å². The molecule has 174 valence electrons. The molecule has 8 heteroatoms. The van der Waals surface area contributed by atoms with Gasteiger partial charge in [-0.25, -0.2) is 0 Å². The van der Waals surface area contributed by atoms with Crippen molar-refractivity contribution in [2.75, 3.05) is 0 Å². The van der Waals surface area contributed by atoms with Crippen LogP contribution in [-0.2, 0) is 33.4 Å². The van der Waals surface area contributed by atoms with Crippen molar-refractivity contribution in [3.63, 3.8) is 0 Å². The molecule has 0 aromatic rings. The van der Waals surface area contributed by atoms with Crippen LogP contribution >= 0.6 is 0 Å². The van der Waals surface area contributed by atoms with E-state index in [0.717, 1.165) is 6.42 Å². The van der Waals surface area contributed by atoms with E-state index in [0.29, 0.717) is 12.8 Å². The quantitative estimate of drug-likeness (QED) is 0.387. The van der Waals surface area contributed by atoms with Crippen LogP contribution in [0, 0.1) is 34.0 Å². The Morgan fingerprint density at radius 1 is 1.09 bits per heavy atom. The van der Waals surface area contributed by atoms with Crippen molar-refractivity contribution in [2.24, 2.45) is 34.0 Å². The van der Waals surface area contributed by atoms with Crippen LogP contribution in [0.15, 0.2) is 12.2 Å². The largest absolute Gasteiger partial charge is 0.462 e. The van der Waals surface area contributed by atoms with E-state index in [1.165, 1.54) is 13.8 Å². The molecular weight excluding hydrogens is 416 g/mol. The molecule has 8 nitrogen and oxygen atoms in total. The third kappa shape index (κ3) is 2.27. The number of carbonyl (C=O) groups is 4. The molecule has 0 amide bonds. The fourth-order valence-corrected chi connectivity index (χ4v) is 8.23. The Morgan fingerprint density at radius 2 is 1.75 bits per heavy atom. The summed E-state index contributed by atoms with van der Waals surface area (Å²) >= 11 is 0. The van der Waals surface area contributed by atoms with Crippen LogP contribution in [0.3, 0.4) is 0 Å². The van der Waals surface area contributed by atoms with Gasteiger partial charge in [0.1, 0.15) is 29.1 Å². The molecule has 6 rings (SSSR count). The molecule has 2 saturated heterocycles. The Hall–Kier alpha value is -2.22. The number of aliphatic hydroxyl groups is 1. The summed E-state index contributed by atoms with van der Waals surface area (Å²) in [4.78, 5) is 51.7. The van der Waals surface area contributed by atoms with E-state index in [1.807, 2.05) is 0 Å².